The highest BCUT2D eigenvalue weighted by Crippen LogP contribution is 2.06. The van der Waals surface area contributed by atoms with Gasteiger partial charge in [0.1, 0.15) is 5.82 Å². The topological polar surface area (TPSA) is 120 Å². The minimum Gasteiger partial charge on any atom is -0.477 e. The number of nitrogens with zero attached hydrogens (tertiary/aromatic N) is 1. The summed E-state index contributed by atoms with van der Waals surface area (Å²) in [6.07, 6.45) is 1.20. The number of nitrogens with one attached hydrogen (secondary N) is 1. The van der Waals surface area contributed by atoms with E-state index in [2.05, 4.69) is 9.97 Å². The first-order chi connectivity index (χ1) is 6.56. The van der Waals surface area contributed by atoms with E-state index in [4.69, 9.17) is 10.2 Å². The molecule has 0 bridgehead atoms. The van der Waals surface area contributed by atoms with Crippen molar-refractivity contribution in [2.45, 2.75) is 6.42 Å². The highest BCUT2D eigenvalue weighted by molar-refractivity contribution is 5.99. The van der Waals surface area contributed by atoms with Crippen LogP contribution in [0.5, 0.6) is 0 Å². The summed E-state index contributed by atoms with van der Waals surface area (Å²) >= 11 is 0. The van der Waals surface area contributed by atoms with Crippen LogP contribution in [0.2, 0.25) is 0 Å². The molecular weight excluding hydrogens is 192 g/mol. The molecule has 0 fully saturated rings. The molecule has 0 atom stereocenters. The highest BCUT2D eigenvalue weighted by Gasteiger charge is 2.21. The fourth-order valence-corrected chi connectivity index (χ4v) is 0.884. The second-order valence-corrected chi connectivity index (χ2v) is 2.34. The molecular formula is C7H5N2O5. The van der Waals surface area contributed by atoms with E-state index in [9.17, 15) is 14.4 Å². The molecule has 3 N–H and O–H groups in total. The second-order valence-electron chi connectivity index (χ2n) is 2.34. The first-order valence-electron chi connectivity index (χ1n) is 3.46. The molecule has 0 aliphatic rings. The zero-order chi connectivity index (χ0) is 10.7. The molecule has 7 nitrogen and oxygen atoms in total. The van der Waals surface area contributed by atoms with E-state index in [-0.39, 0.29) is 12.2 Å². The van der Waals surface area contributed by atoms with Gasteiger partial charge >= 0.3 is 11.9 Å². The van der Waals surface area contributed by atoms with Crippen molar-refractivity contribution in [2.24, 2.45) is 0 Å². The molecule has 0 saturated heterocycles. The minimum atomic E-state index is -1.46. The number of carboxylic acid groups (broad SMARTS) is 2. The third-order valence-corrected chi connectivity index (χ3v) is 1.41. The molecule has 7 heteroatoms. The molecule has 0 amide bonds. The number of carbonyl (C=O) groups excluding carboxylic acids is 1. The van der Waals surface area contributed by atoms with Crippen LogP contribution >= 0.6 is 0 Å². The molecule has 0 unspecified atom stereocenters. The molecule has 1 heterocycles. The third kappa shape index (κ3) is 1.76. The van der Waals surface area contributed by atoms with Crippen molar-refractivity contribution in [3.8, 4) is 0 Å². The lowest BCUT2D eigenvalue weighted by molar-refractivity contribution is 0.0644. The van der Waals surface area contributed by atoms with Crippen LogP contribution in [0.4, 0.5) is 0 Å². The lowest BCUT2D eigenvalue weighted by Gasteiger charge is -1.88. The van der Waals surface area contributed by atoms with E-state index in [1.807, 2.05) is 0 Å². The number of aromatic carboxylic acids is 2. The van der Waals surface area contributed by atoms with Gasteiger partial charge in [-0.3, -0.25) is 4.79 Å². The first-order valence-corrected chi connectivity index (χ1v) is 3.46. The van der Waals surface area contributed by atoms with Crippen molar-refractivity contribution in [3.63, 3.8) is 0 Å². The van der Waals surface area contributed by atoms with Gasteiger partial charge in [-0.25, -0.2) is 14.6 Å². The van der Waals surface area contributed by atoms with Crippen LogP contribution in [0.15, 0.2) is 0 Å². The Morgan fingerprint density at radius 1 is 1.36 bits per heavy atom. The van der Waals surface area contributed by atoms with E-state index < -0.39 is 23.3 Å². The molecule has 1 rings (SSSR count). The second kappa shape index (κ2) is 3.69. The van der Waals surface area contributed by atoms with Gasteiger partial charge in [-0.15, -0.1) is 0 Å². The van der Waals surface area contributed by atoms with Gasteiger partial charge in [0.2, 0.25) is 6.29 Å². The maximum atomic E-state index is 10.5. The van der Waals surface area contributed by atoms with Crippen molar-refractivity contribution < 1.29 is 24.6 Å². The van der Waals surface area contributed by atoms with Gasteiger partial charge in [0.15, 0.2) is 11.4 Å². The van der Waals surface area contributed by atoms with Crippen LogP contribution < -0.4 is 0 Å². The maximum absolute atomic E-state index is 10.5. The Morgan fingerprint density at radius 2 is 2.00 bits per heavy atom. The Bertz CT molecular complexity index is 363. The Hall–Kier alpha value is -2.18. The number of imidazole rings is 1. The zero-order valence-electron chi connectivity index (χ0n) is 6.77. The summed E-state index contributed by atoms with van der Waals surface area (Å²) in [7, 11) is 0. The lowest BCUT2D eigenvalue weighted by atomic mass is 10.3. The standard InChI is InChI=1S/C7H5N2O5/c10-2-1-3-8-4(6(11)12)5(9-3)7(13)14/h1H2,(H,8,9)(H,11,12)(H,13,14). The first kappa shape index (κ1) is 9.90. The summed E-state index contributed by atoms with van der Waals surface area (Å²) in [6, 6.07) is 0. The average molecular weight is 197 g/mol. The quantitative estimate of drug-likeness (QED) is 0.596. The number of carbonyl (C=O) groups is 2. The van der Waals surface area contributed by atoms with Crippen molar-refractivity contribution in [1.82, 2.24) is 9.97 Å². The molecule has 0 aliphatic heterocycles. The average Bonchev–Trinajstić information content (AvgIpc) is 2.49. The number of carboxylic acids is 2. The molecule has 0 aliphatic carbocycles. The van der Waals surface area contributed by atoms with E-state index in [1.165, 1.54) is 6.29 Å². The molecule has 14 heavy (non-hydrogen) atoms. The highest BCUT2D eigenvalue weighted by atomic mass is 16.4. The Kier molecular flexibility index (Phi) is 2.61. The molecule has 73 valence electrons. The SMILES string of the molecule is O=[C]Cc1nc(C(=O)O)c(C(=O)O)[nH]1. The number of aromatic amines is 1. The number of aromatic nitrogens is 2. The third-order valence-electron chi connectivity index (χ3n) is 1.41. The molecule has 1 aromatic heterocycles. The molecule has 1 radical (unpaired) electrons. The van der Waals surface area contributed by atoms with Crippen LogP contribution in [0.25, 0.3) is 0 Å². The number of H-pyrrole nitrogens is 1. The van der Waals surface area contributed by atoms with Crippen LogP contribution in [-0.2, 0) is 11.2 Å². The molecule has 0 spiro atoms. The normalized spacial score (nSPS) is 9.71. The van der Waals surface area contributed by atoms with Gasteiger partial charge in [-0.2, -0.15) is 0 Å². The summed E-state index contributed by atoms with van der Waals surface area (Å²) in [5, 5.41) is 17.1. The van der Waals surface area contributed by atoms with Crippen molar-refractivity contribution in [3.05, 3.63) is 17.2 Å². The lowest BCUT2D eigenvalue weighted by Crippen LogP contribution is -2.07. The van der Waals surface area contributed by atoms with Crippen molar-refractivity contribution in [1.29, 1.82) is 0 Å². The number of rotatable bonds is 4. The number of hydrogen-bond acceptors (Lipinski definition) is 4. The van der Waals surface area contributed by atoms with E-state index >= 15 is 0 Å². The molecule has 1 aromatic rings. The monoisotopic (exact) mass is 197 g/mol. The fraction of sp³-hybridized carbons (Fsp3) is 0.143. The fourth-order valence-electron chi connectivity index (χ4n) is 0.884. The summed E-state index contributed by atoms with van der Waals surface area (Å²) in [4.78, 5) is 36.6. The van der Waals surface area contributed by atoms with Gasteiger partial charge in [0, 0.05) is 0 Å². The predicted octanol–water partition coefficient (Wildman–Crippen LogP) is -0.542. The van der Waals surface area contributed by atoms with Crippen LogP contribution in [0.3, 0.4) is 0 Å². The summed E-state index contributed by atoms with van der Waals surface area (Å²) in [5.74, 6) is -2.93. The molecule has 0 saturated carbocycles. The Morgan fingerprint density at radius 3 is 2.36 bits per heavy atom. The number of hydrogen-bond donors (Lipinski definition) is 3. The Balaban J connectivity index is 3.18. The van der Waals surface area contributed by atoms with Crippen LogP contribution in [-0.4, -0.2) is 38.4 Å². The van der Waals surface area contributed by atoms with Gasteiger partial charge in [-0.1, -0.05) is 0 Å². The minimum absolute atomic E-state index is 0.0326. The van der Waals surface area contributed by atoms with Gasteiger partial charge in [0.25, 0.3) is 0 Å². The van der Waals surface area contributed by atoms with Crippen molar-refractivity contribution in [2.75, 3.05) is 0 Å². The molecule has 0 aromatic carbocycles. The van der Waals surface area contributed by atoms with Gasteiger partial charge < -0.3 is 15.2 Å². The van der Waals surface area contributed by atoms with Gasteiger partial charge in [-0.05, 0) is 0 Å². The summed E-state index contributed by atoms with van der Waals surface area (Å²) < 4.78 is 0. The zero-order valence-corrected chi connectivity index (χ0v) is 6.77. The summed E-state index contributed by atoms with van der Waals surface area (Å²) in [6.45, 7) is 0. The summed E-state index contributed by atoms with van der Waals surface area (Å²) in [5.41, 5.74) is -1.15. The predicted molar refractivity (Wildman–Crippen MR) is 41.9 cm³/mol. The largest absolute Gasteiger partial charge is 0.477 e. The van der Waals surface area contributed by atoms with E-state index in [0.717, 1.165) is 0 Å². The van der Waals surface area contributed by atoms with Crippen molar-refractivity contribution >= 4 is 18.2 Å². The van der Waals surface area contributed by atoms with E-state index in [0.29, 0.717) is 0 Å². The Labute approximate surface area is 77.4 Å². The van der Waals surface area contributed by atoms with E-state index in [1.54, 1.807) is 0 Å². The smallest absolute Gasteiger partial charge is 0.357 e. The van der Waals surface area contributed by atoms with Crippen LogP contribution in [0, 0.1) is 0 Å². The van der Waals surface area contributed by atoms with Gasteiger partial charge in [0.05, 0.1) is 6.42 Å². The van der Waals surface area contributed by atoms with Crippen LogP contribution in [0.1, 0.15) is 26.8 Å². The maximum Gasteiger partial charge on any atom is 0.357 e.